The number of ether oxygens (including phenoxy) is 1. The third-order valence-corrected chi connectivity index (χ3v) is 4.64. The molecule has 0 aromatic heterocycles. The van der Waals surface area contributed by atoms with Crippen molar-refractivity contribution in [2.45, 2.75) is 52.0 Å². The van der Waals surface area contributed by atoms with Crippen molar-refractivity contribution in [1.82, 2.24) is 21.4 Å². The lowest BCUT2D eigenvalue weighted by Crippen LogP contribution is -2.54. The van der Waals surface area contributed by atoms with Gasteiger partial charge in [-0.3, -0.25) is 15.0 Å². The van der Waals surface area contributed by atoms with Crippen molar-refractivity contribution in [3.05, 3.63) is 39.9 Å². The molecule has 0 bridgehead atoms. The highest BCUT2D eigenvalue weighted by Gasteiger charge is 2.30. The zero-order valence-corrected chi connectivity index (χ0v) is 19.5. The first kappa shape index (κ1) is 28.6. The maximum Gasteiger partial charge on any atom is 0.475 e. The number of carbonyl (C=O) groups is 2. The quantitative estimate of drug-likeness (QED) is 0.0471. The normalized spacial score (nSPS) is 12.3. The number of rotatable bonds is 14. The van der Waals surface area contributed by atoms with Crippen LogP contribution in [0, 0.1) is 21.4 Å². The molecule has 7 N–H and O–H groups in total. The van der Waals surface area contributed by atoms with E-state index in [1.165, 1.54) is 0 Å². The van der Waals surface area contributed by atoms with Crippen LogP contribution in [0.5, 0.6) is 5.75 Å². The summed E-state index contributed by atoms with van der Waals surface area (Å²) in [7, 11) is -1.77. The highest BCUT2D eigenvalue weighted by Crippen LogP contribution is 2.13. The molecule has 0 aliphatic rings. The number of hydrogen-bond acceptors (Lipinski definition) is 8. The molecular weight excluding hydrogens is 447 g/mol. The smallest absolute Gasteiger partial charge is 0.475 e. The Balaban J connectivity index is 2.86. The van der Waals surface area contributed by atoms with Gasteiger partial charge in [0.05, 0.1) is 12.5 Å². The summed E-state index contributed by atoms with van der Waals surface area (Å²) in [5, 5.41) is 43.8. The summed E-state index contributed by atoms with van der Waals surface area (Å²) >= 11 is 0. The van der Waals surface area contributed by atoms with Crippen molar-refractivity contribution in [2.75, 3.05) is 13.2 Å². The minimum atomic E-state index is -1.77. The molecule has 0 fully saturated rings. The van der Waals surface area contributed by atoms with Gasteiger partial charge in [-0.15, -0.1) is 0 Å². The molecule has 2 atom stereocenters. The fourth-order valence-corrected chi connectivity index (χ4v) is 3.08. The van der Waals surface area contributed by atoms with Crippen LogP contribution in [0.25, 0.3) is 0 Å². The number of hydrogen-bond donors (Lipinski definition) is 7. The highest BCUT2D eigenvalue weighted by atomic mass is 16.7. The number of nitro groups is 1. The first-order chi connectivity index (χ1) is 16.0. The Bertz CT molecular complexity index is 822. The van der Waals surface area contributed by atoms with Gasteiger partial charge in [-0.1, -0.05) is 19.3 Å². The highest BCUT2D eigenvalue weighted by molar-refractivity contribution is 6.43. The van der Waals surface area contributed by atoms with Crippen LogP contribution in [0.15, 0.2) is 24.3 Å². The van der Waals surface area contributed by atoms with Crippen LogP contribution in [0.1, 0.15) is 50.4 Å². The van der Waals surface area contributed by atoms with Crippen LogP contribution < -0.4 is 26.1 Å². The lowest BCUT2D eigenvalue weighted by Gasteiger charge is -2.24. The van der Waals surface area contributed by atoms with E-state index in [1.807, 2.05) is 20.8 Å². The van der Waals surface area contributed by atoms with Gasteiger partial charge in [0, 0.05) is 12.1 Å². The Labute approximate surface area is 198 Å². The summed E-state index contributed by atoms with van der Waals surface area (Å²) in [6.45, 7) is 6.17. The topological polar surface area (TPSA) is 199 Å². The molecule has 0 saturated carbocycles. The standard InChI is InChI=1S/C20H33BN6O7/c1-4-34-15-9-7-14(8-10-15)18(28)24-16(6-5-11-23-20(22)26-27(32)33)19(29)25-17(21(30)31)12-13(2)3/h7-10,13,16-17,30-31H,4-6,11-12H2,1-3H3,(H,24,28)(H,25,29)(H3,22,23,26)/t16-,17-/m0/s1. The fourth-order valence-electron chi connectivity index (χ4n) is 3.08. The van der Waals surface area contributed by atoms with Crippen LogP contribution in [-0.2, 0) is 4.79 Å². The second-order valence-corrected chi connectivity index (χ2v) is 7.95. The molecule has 2 amide bonds. The van der Waals surface area contributed by atoms with Gasteiger partial charge in [0.25, 0.3) is 11.9 Å². The van der Waals surface area contributed by atoms with E-state index in [4.69, 9.17) is 10.1 Å². The van der Waals surface area contributed by atoms with E-state index < -0.39 is 41.9 Å². The molecule has 0 unspecified atom stereocenters. The number of guanidine groups is 1. The molecule has 34 heavy (non-hydrogen) atoms. The predicted octanol–water partition coefficient (Wildman–Crippen LogP) is -0.188. The zero-order chi connectivity index (χ0) is 25.7. The summed E-state index contributed by atoms with van der Waals surface area (Å²) in [6, 6.07) is 5.35. The van der Waals surface area contributed by atoms with Gasteiger partial charge in [-0.2, -0.15) is 0 Å². The largest absolute Gasteiger partial charge is 0.494 e. The van der Waals surface area contributed by atoms with Crippen molar-refractivity contribution < 1.29 is 29.4 Å². The van der Waals surface area contributed by atoms with Crippen LogP contribution >= 0.6 is 0 Å². The number of nitrogens with one attached hydrogen (secondary N) is 5. The third kappa shape index (κ3) is 11.0. The predicted molar refractivity (Wildman–Crippen MR) is 126 cm³/mol. The van der Waals surface area contributed by atoms with Crippen molar-refractivity contribution in [3.8, 4) is 5.75 Å². The summed E-state index contributed by atoms with van der Waals surface area (Å²) in [5.41, 5.74) is 1.96. The Kier molecular flexibility index (Phi) is 12.4. The second kappa shape index (κ2) is 14.7. The van der Waals surface area contributed by atoms with Gasteiger partial charge in [0.1, 0.15) is 11.8 Å². The van der Waals surface area contributed by atoms with Crippen LogP contribution in [-0.4, -0.2) is 65.1 Å². The third-order valence-electron chi connectivity index (χ3n) is 4.64. The van der Waals surface area contributed by atoms with Gasteiger partial charge in [0.15, 0.2) is 5.03 Å². The second-order valence-electron chi connectivity index (χ2n) is 7.95. The van der Waals surface area contributed by atoms with Gasteiger partial charge in [-0.25, -0.2) is 10.1 Å². The number of hydrazine groups is 1. The Morgan fingerprint density at radius 2 is 1.85 bits per heavy atom. The van der Waals surface area contributed by atoms with E-state index >= 15 is 0 Å². The summed E-state index contributed by atoms with van der Waals surface area (Å²) < 4.78 is 5.35. The lowest BCUT2D eigenvalue weighted by molar-refractivity contribution is -0.525. The molecule has 1 rings (SSSR count). The fraction of sp³-hybridized carbons (Fsp3) is 0.550. The average molecular weight is 480 g/mol. The van der Waals surface area contributed by atoms with E-state index in [2.05, 4.69) is 16.0 Å². The molecule has 0 aliphatic heterocycles. The maximum atomic E-state index is 12.9. The molecule has 0 saturated heterocycles. The molecule has 14 heteroatoms. The SMILES string of the molecule is CCOc1ccc(C(=O)N[C@@H](CCCNC(=N)N[N+](=O)[O-])C(=O)N[C@@H](CC(C)C)B(O)O)cc1. The summed E-state index contributed by atoms with van der Waals surface area (Å²) in [6.07, 6.45) is 0.720. The van der Waals surface area contributed by atoms with E-state index in [-0.39, 0.29) is 25.3 Å². The number of amides is 2. The van der Waals surface area contributed by atoms with Crippen molar-refractivity contribution in [2.24, 2.45) is 5.92 Å². The first-order valence-electron chi connectivity index (χ1n) is 11.0. The van der Waals surface area contributed by atoms with Crippen molar-refractivity contribution in [3.63, 3.8) is 0 Å². The first-order valence-corrected chi connectivity index (χ1v) is 11.0. The molecule has 1 aromatic carbocycles. The zero-order valence-electron chi connectivity index (χ0n) is 19.5. The lowest BCUT2D eigenvalue weighted by atomic mass is 9.75. The monoisotopic (exact) mass is 480 g/mol. The summed E-state index contributed by atoms with van der Waals surface area (Å²) in [4.78, 5) is 36.0. The van der Waals surface area contributed by atoms with Crippen molar-refractivity contribution in [1.29, 1.82) is 5.41 Å². The Morgan fingerprint density at radius 1 is 1.21 bits per heavy atom. The molecule has 0 heterocycles. The maximum absolute atomic E-state index is 12.9. The van der Waals surface area contributed by atoms with Crippen LogP contribution in [0.2, 0.25) is 0 Å². The Hall–Kier alpha value is -3.39. The van der Waals surface area contributed by atoms with E-state index in [0.717, 1.165) is 0 Å². The van der Waals surface area contributed by atoms with Crippen LogP contribution in [0.4, 0.5) is 0 Å². The van der Waals surface area contributed by atoms with Gasteiger partial charge in [0.2, 0.25) is 5.91 Å². The van der Waals surface area contributed by atoms with Crippen LogP contribution in [0.3, 0.4) is 0 Å². The summed E-state index contributed by atoms with van der Waals surface area (Å²) in [5.74, 6) is -1.87. The van der Waals surface area contributed by atoms with E-state index in [0.29, 0.717) is 24.3 Å². The Morgan fingerprint density at radius 3 is 2.38 bits per heavy atom. The number of nitrogens with zero attached hydrogens (tertiary/aromatic N) is 1. The minimum absolute atomic E-state index is 0.0771. The van der Waals surface area contributed by atoms with Gasteiger partial charge < -0.3 is 30.7 Å². The van der Waals surface area contributed by atoms with E-state index in [1.54, 1.807) is 29.7 Å². The molecular formula is C20H33BN6O7. The van der Waals surface area contributed by atoms with Gasteiger partial charge in [-0.05, 0) is 56.4 Å². The molecule has 0 aliphatic carbocycles. The molecule has 1 aromatic rings. The van der Waals surface area contributed by atoms with Gasteiger partial charge >= 0.3 is 7.12 Å². The molecule has 0 spiro atoms. The average Bonchev–Trinajstić information content (AvgIpc) is 2.75. The molecule has 0 radical (unpaired) electrons. The number of benzene rings is 1. The molecule has 13 nitrogen and oxygen atoms in total. The number of carbonyl (C=O) groups excluding carboxylic acids is 2. The molecule has 188 valence electrons. The van der Waals surface area contributed by atoms with Crippen molar-refractivity contribution >= 4 is 24.9 Å². The van der Waals surface area contributed by atoms with E-state index in [9.17, 15) is 29.8 Å². The minimum Gasteiger partial charge on any atom is -0.494 e.